The van der Waals surface area contributed by atoms with Crippen molar-refractivity contribution in [3.8, 4) is 0 Å². The maximum atomic E-state index is 9.97. The van der Waals surface area contributed by atoms with Crippen molar-refractivity contribution in [3.05, 3.63) is 22.4 Å². The smallest absolute Gasteiger partial charge is 0.0632 e. The van der Waals surface area contributed by atoms with E-state index in [9.17, 15) is 5.11 Å². The van der Waals surface area contributed by atoms with Crippen LogP contribution in [0.2, 0.25) is 0 Å². The van der Waals surface area contributed by atoms with Gasteiger partial charge in [0.1, 0.15) is 0 Å². The van der Waals surface area contributed by atoms with E-state index in [1.165, 1.54) is 4.88 Å². The van der Waals surface area contributed by atoms with E-state index < -0.39 is 5.60 Å². The Morgan fingerprint density at radius 1 is 1.47 bits per heavy atom. The number of thiophene rings is 1. The third-order valence-electron chi connectivity index (χ3n) is 3.12. The molecule has 2 rings (SSSR count). The van der Waals surface area contributed by atoms with Crippen LogP contribution in [-0.4, -0.2) is 28.7 Å². The molecule has 1 aromatic rings. The molecule has 0 aliphatic carbocycles. The van der Waals surface area contributed by atoms with Crippen LogP contribution in [0.15, 0.2) is 17.5 Å². The van der Waals surface area contributed by atoms with Gasteiger partial charge in [0.2, 0.25) is 0 Å². The Hall–Kier alpha value is -0.380. The van der Waals surface area contributed by atoms with Crippen LogP contribution in [0.3, 0.4) is 0 Å². The summed E-state index contributed by atoms with van der Waals surface area (Å²) in [6.07, 6.45) is 2.95. The highest BCUT2D eigenvalue weighted by molar-refractivity contribution is 7.09. The molecule has 1 aliphatic rings. The van der Waals surface area contributed by atoms with Gasteiger partial charge in [-0.2, -0.15) is 0 Å². The van der Waals surface area contributed by atoms with Crippen LogP contribution < -0.4 is 0 Å². The van der Waals surface area contributed by atoms with Crippen molar-refractivity contribution < 1.29 is 5.11 Å². The standard InChI is InChI=1S/C12H19NOS/c1-12(14)5-3-7-13(8-6-12)10-11-4-2-9-15-11/h2,4,9,14H,3,5-8,10H2,1H3. The van der Waals surface area contributed by atoms with Crippen molar-refractivity contribution in [2.75, 3.05) is 13.1 Å². The van der Waals surface area contributed by atoms with Crippen molar-refractivity contribution in [3.63, 3.8) is 0 Å². The zero-order valence-corrected chi connectivity index (χ0v) is 10.1. The van der Waals surface area contributed by atoms with Gasteiger partial charge < -0.3 is 5.11 Å². The molecular weight excluding hydrogens is 206 g/mol. The fourth-order valence-electron chi connectivity index (χ4n) is 2.10. The fraction of sp³-hybridized carbons (Fsp3) is 0.667. The summed E-state index contributed by atoms with van der Waals surface area (Å²) in [6.45, 7) is 5.15. The van der Waals surface area contributed by atoms with E-state index in [2.05, 4.69) is 22.4 Å². The molecule has 0 radical (unpaired) electrons. The van der Waals surface area contributed by atoms with Crippen LogP contribution in [0.4, 0.5) is 0 Å². The maximum absolute atomic E-state index is 9.97. The predicted octanol–water partition coefficient (Wildman–Crippen LogP) is 2.49. The SMILES string of the molecule is CC1(O)CCCN(Cc2cccs2)CC1. The van der Waals surface area contributed by atoms with E-state index in [1.54, 1.807) is 0 Å². The molecule has 0 spiro atoms. The monoisotopic (exact) mass is 225 g/mol. The van der Waals surface area contributed by atoms with E-state index in [0.717, 1.165) is 38.9 Å². The molecule has 84 valence electrons. The Morgan fingerprint density at radius 2 is 2.33 bits per heavy atom. The van der Waals surface area contributed by atoms with Gasteiger partial charge in [0.15, 0.2) is 0 Å². The minimum Gasteiger partial charge on any atom is -0.390 e. The van der Waals surface area contributed by atoms with Gasteiger partial charge in [-0.25, -0.2) is 0 Å². The molecule has 0 bridgehead atoms. The van der Waals surface area contributed by atoms with E-state index in [0.29, 0.717) is 0 Å². The number of nitrogens with zero attached hydrogens (tertiary/aromatic N) is 1. The molecule has 3 heteroatoms. The van der Waals surface area contributed by atoms with Crippen LogP contribution in [0.25, 0.3) is 0 Å². The largest absolute Gasteiger partial charge is 0.390 e. The van der Waals surface area contributed by atoms with Crippen LogP contribution in [0.5, 0.6) is 0 Å². The van der Waals surface area contributed by atoms with E-state index in [-0.39, 0.29) is 0 Å². The average molecular weight is 225 g/mol. The van der Waals surface area contributed by atoms with Gasteiger partial charge in [-0.05, 0) is 44.2 Å². The maximum Gasteiger partial charge on any atom is 0.0632 e. The summed E-state index contributed by atoms with van der Waals surface area (Å²) in [7, 11) is 0. The summed E-state index contributed by atoms with van der Waals surface area (Å²) in [6, 6.07) is 4.29. The van der Waals surface area contributed by atoms with Crippen LogP contribution in [-0.2, 0) is 6.54 Å². The van der Waals surface area contributed by atoms with Gasteiger partial charge in [0, 0.05) is 18.0 Å². The summed E-state index contributed by atoms with van der Waals surface area (Å²) in [5.74, 6) is 0. The van der Waals surface area contributed by atoms with Gasteiger partial charge >= 0.3 is 0 Å². The van der Waals surface area contributed by atoms with E-state index in [4.69, 9.17) is 0 Å². The van der Waals surface area contributed by atoms with Crippen molar-refractivity contribution >= 4 is 11.3 Å². The zero-order chi connectivity index (χ0) is 10.7. The van der Waals surface area contributed by atoms with Crippen molar-refractivity contribution in [2.24, 2.45) is 0 Å². The molecule has 0 saturated carbocycles. The molecular formula is C12H19NOS. The third-order valence-corrected chi connectivity index (χ3v) is 3.98. The fourth-order valence-corrected chi connectivity index (χ4v) is 2.85. The van der Waals surface area contributed by atoms with Crippen molar-refractivity contribution in [2.45, 2.75) is 38.3 Å². The lowest BCUT2D eigenvalue weighted by Crippen LogP contribution is -2.27. The van der Waals surface area contributed by atoms with Crippen molar-refractivity contribution in [1.29, 1.82) is 0 Å². The molecule has 1 fully saturated rings. The Balaban J connectivity index is 1.89. The van der Waals surface area contributed by atoms with Crippen LogP contribution in [0.1, 0.15) is 31.1 Å². The quantitative estimate of drug-likeness (QED) is 0.836. The first-order valence-corrected chi connectivity index (χ1v) is 6.51. The Morgan fingerprint density at radius 3 is 3.07 bits per heavy atom. The molecule has 1 unspecified atom stereocenters. The number of likely N-dealkylation sites (tertiary alicyclic amines) is 1. The molecule has 0 amide bonds. The summed E-state index contributed by atoms with van der Waals surface area (Å²) >= 11 is 1.82. The Labute approximate surface area is 95.5 Å². The Kier molecular flexibility index (Phi) is 3.44. The van der Waals surface area contributed by atoms with Crippen LogP contribution >= 0.6 is 11.3 Å². The lowest BCUT2D eigenvalue weighted by Gasteiger charge is -2.21. The van der Waals surface area contributed by atoms with Crippen LogP contribution in [0, 0.1) is 0 Å². The first kappa shape index (κ1) is 11.1. The molecule has 1 aromatic heterocycles. The molecule has 2 heterocycles. The summed E-state index contributed by atoms with van der Waals surface area (Å²) < 4.78 is 0. The highest BCUT2D eigenvalue weighted by Gasteiger charge is 2.24. The number of hydrogen-bond acceptors (Lipinski definition) is 3. The number of rotatable bonds is 2. The molecule has 1 saturated heterocycles. The highest BCUT2D eigenvalue weighted by atomic mass is 32.1. The summed E-state index contributed by atoms with van der Waals surface area (Å²) in [5, 5.41) is 12.1. The second-order valence-corrected chi connectivity index (χ2v) is 5.74. The van der Waals surface area contributed by atoms with Gasteiger partial charge in [0.05, 0.1) is 5.60 Å². The normalized spacial score (nSPS) is 28.9. The highest BCUT2D eigenvalue weighted by Crippen LogP contribution is 2.23. The minimum atomic E-state index is -0.440. The number of aliphatic hydroxyl groups is 1. The van der Waals surface area contributed by atoms with E-state index >= 15 is 0 Å². The molecule has 1 N–H and O–H groups in total. The lowest BCUT2D eigenvalue weighted by molar-refractivity contribution is 0.0444. The third kappa shape index (κ3) is 3.30. The Bertz CT molecular complexity index is 295. The second-order valence-electron chi connectivity index (χ2n) is 4.71. The molecule has 1 aliphatic heterocycles. The van der Waals surface area contributed by atoms with Gasteiger partial charge in [0.25, 0.3) is 0 Å². The predicted molar refractivity (Wildman–Crippen MR) is 64.1 cm³/mol. The lowest BCUT2D eigenvalue weighted by atomic mass is 9.98. The molecule has 15 heavy (non-hydrogen) atoms. The second kappa shape index (κ2) is 4.64. The average Bonchev–Trinajstić information content (AvgIpc) is 2.60. The first-order chi connectivity index (χ1) is 7.16. The van der Waals surface area contributed by atoms with Crippen molar-refractivity contribution in [1.82, 2.24) is 4.90 Å². The van der Waals surface area contributed by atoms with Gasteiger partial charge in [-0.3, -0.25) is 4.90 Å². The van der Waals surface area contributed by atoms with Gasteiger partial charge in [-0.15, -0.1) is 11.3 Å². The van der Waals surface area contributed by atoms with Gasteiger partial charge in [-0.1, -0.05) is 6.07 Å². The minimum absolute atomic E-state index is 0.440. The molecule has 1 atom stereocenters. The summed E-state index contributed by atoms with van der Waals surface area (Å²) in [4.78, 5) is 3.88. The molecule has 2 nitrogen and oxygen atoms in total. The zero-order valence-electron chi connectivity index (χ0n) is 9.28. The molecule has 0 aromatic carbocycles. The topological polar surface area (TPSA) is 23.5 Å². The number of hydrogen-bond donors (Lipinski definition) is 1. The first-order valence-electron chi connectivity index (χ1n) is 5.63. The van der Waals surface area contributed by atoms with E-state index in [1.807, 2.05) is 18.3 Å². The summed E-state index contributed by atoms with van der Waals surface area (Å²) in [5.41, 5.74) is -0.440.